The van der Waals surface area contributed by atoms with Crippen LogP contribution in [0.4, 0.5) is 24.5 Å². The lowest BCUT2D eigenvalue weighted by molar-refractivity contribution is -0.151. The van der Waals surface area contributed by atoms with E-state index in [9.17, 15) is 27.6 Å². The molecule has 0 aromatic heterocycles. The molecule has 1 fully saturated rings. The number of halogens is 4. The molecule has 3 rings (SSSR count). The molecule has 0 radical (unpaired) electrons. The molecule has 0 saturated carbocycles. The average Bonchev–Trinajstić information content (AvgIpc) is 3.19. The molecule has 1 N–H and O–H groups in total. The van der Waals surface area contributed by atoms with Crippen molar-refractivity contribution in [1.29, 1.82) is 0 Å². The summed E-state index contributed by atoms with van der Waals surface area (Å²) >= 11 is 5.84. The van der Waals surface area contributed by atoms with Gasteiger partial charge in [-0.15, -0.1) is 0 Å². The van der Waals surface area contributed by atoms with Crippen LogP contribution in [0.15, 0.2) is 36.4 Å². The Morgan fingerprint density at radius 3 is 2.53 bits per heavy atom. The first kappa shape index (κ1) is 25.2. The number of nitrogens with one attached hydrogen (secondary N) is 1. The summed E-state index contributed by atoms with van der Waals surface area (Å²) in [4.78, 5) is 38.4. The lowest BCUT2D eigenvalue weighted by atomic mass is 10.1. The second kappa shape index (κ2) is 10.2. The second-order valence-electron chi connectivity index (χ2n) is 7.29. The Morgan fingerprint density at radius 1 is 1.15 bits per heavy atom. The van der Waals surface area contributed by atoms with Gasteiger partial charge in [0.05, 0.1) is 42.1 Å². The molecule has 12 heteroatoms. The highest BCUT2D eigenvalue weighted by Gasteiger charge is 2.38. The van der Waals surface area contributed by atoms with Crippen molar-refractivity contribution in [2.45, 2.75) is 12.6 Å². The number of ether oxygens (including phenoxy) is 3. The minimum Gasteiger partial charge on any atom is -0.497 e. The third-order valence-electron chi connectivity index (χ3n) is 5.05. The average molecular weight is 501 g/mol. The molecule has 1 heterocycles. The van der Waals surface area contributed by atoms with Crippen LogP contribution in [0, 0.1) is 5.92 Å². The number of esters is 1. The molecule has 0 unspecified atom stereocenters. The van der Waals surface area contributed by atoms with Gasteiger partial charge in [0.25, 0.3) is 5.91 Å². The van der Waals surface area contributed by atoms with Crippen molar-refractivity contribution < 1.29 is 41.8 Å². The van der Waals surface area contributed by atoms with E-state index in [0.29, 0.717) is 23.3 Å². The minimum atomic E-state index is -4.62. The zero-order chi connectivity index (χ0) is 25.0. The third-order valence-corrected chi connectivity index (χ3v) is 5.38. The van der Waals surface area contributed by atoms with E-state index in [1.54, 1.807) is 18.2 Å². The zero-order valence-corrected chi connectivity index (χ0v) is 18.8. The van der Waals surface area contributed by atoms with E-state index in [0.717, 1.165) is 12.1 Å². The van der Waals surface area contributed by atoms with Crippen molar-refractivity contribution in [1.82, 2.24) is 0 Å². The standard InChI is InChI=1S/C22H20ClF3N2O6/c1-32-14-4-6-18(33-2)17(9-14)28-10-12(7-20(28)30)21(31)34-11-19(29)27-16-8-13(22(24,25)26)3-5-15(16)23/h3-6,8-9,12H,7,10-11H2,1-2H3,(H,27,29)/t12-/m1/s1. The summed E-state index contributed by atoms with van der Waals surface area (Å²) in [5, 5.41) is 2.07. The highest BCUT2D eigenvalue weighted by Crippen LogP contribution is 2.36. The quantitative estimate of drug-likeness (QED) is 0.579. The van der Waals surface area contributed by atoms with Gasteiger partial charge in [-0.05, 0) is 30.3 Å². The van der Waals surface area contributed by atoms with Gasteiger partial charge in [-0.1, -0.05) is 11.6 Å². The number of carbonyl (C=O) groups is 3. The van der Waals surface area contributed by atoms with Gasteiger partial charge in [0.2, 0.25) is 5.91 Å². The van der Waals surface area contributed by atoms with E-state index >= 15 is 0 Å². The maximum Gasteiger partial charge on any atom is 0.416 e. The topological polar surface area (TPSA) is 94.2 Å². The maximum atomic E-state index is 12.9. The fourth-order valence-electron chi connectivity index (χ4n) is 3.34. The zero-order valence-electron chi connectivity index (χ0n) is 18.1. The predicted molar refractivity (Wildman–Crippen MR) is 116 cm³/mol. The van der Waals surface area contributed by atoms with Gasteiger partial charge in [-0.3, -0.25) is 14.4 Å². The summed E-state index contributed by atoms with van der Waals surface area (Å²) in [7, 11) is 2.90. The molecule has 0 aliphatic carbocycles. The molecule has 1 atom stereocenters. The number of nitrogens with zero attached hydrogens (tertiary/aromatic N) is 1. The lowest BCUT2D eigenvalue weighted by Crippen LogP contribution is -2.28. The van der Waals surface area contributed by atoms with Crippen LogP contribution in [-0.2, 0) is 25.3 Å². The molecule has 2 aromatic rings. The normalized spacial score (nSPS) is 15.8. The number of carbonyl (C=O) groups excluding carboxylic acids is 3. The van der Waals surface area contributed by atoms with Crippen molar-refractivity contribution in [3.05, 3.63) is 47.0 Å². The molecule has 182 valence electrons. The summed E-state index contributed by atoms with van der Waals surface area (Å²) in [5.74, 6) is -2.00. The highest BCUT2D eigenvalue weighted by atomic mass is 35.5. The van der Waals surface area contributed by atoms with Gasteiger partial charge in [0, 0.05) is 19.0 Å². The number of benzene rings is 2. The number of methoxy groups -OCH3 is 2. The van der Waals surface area contributed by atoms with Gasteiger partial charge < -0.3 is 24.4 Å². The van der Waals surface area contributed by atoms with E-state index < -0.39 is 36.1 Å². The number of rotatable bonds is 7. The van der Waals surface area contributed by atoms with Gasteiger partial charge >= 0.3 is 12.1 Å². The van der Waals surface area contributed by atoms with Gasteiger partial charge in [-0.25, -0.2) is 0 Å². The van der Waals surface area contributed by atoms with Crippen LogP contribution in [0.25, 0.3) is 0 Å². The van der Waals surface area contributed by atoms with Gasteiger partial charge in [0.1, 0.15) is 11.5 Å². The first-order valence-electron chi connectivity index (χ1n) is 9.89. The molecule has 34 heavy (non-hydrogen) atoms. The van der Waals surface area contributed by atoms with Crippen molar-refractivity contribution in [2.24, 2.45) is 5.92 Å². The summed E-state index contributed by atoms with van der Waals surface area (Å²) < 4.78 is 54.0. The molecular formula is C22H20ClF3N2O6. The maximum absolute atomic E-state index is 12.9. The minimum absolute atomic E-state index is 0.0116. The van der Waals surface area contributed by atoms with Crippen molar-refractivity contribution in [3.63, 3.8) is 0 Å². The Labute approximate surface area is 197 Å². The Bertz CT molecular complexity index is 1110. The SMILES string of the molecule is COc1ccc(OC)c(N2C[C@H](C(=O)OCC(=O)Nc3cc(C(F)(F)F)ccc3Cl)CC2=O)c1. The van der Waals surface area contributed by atoms with Crippen molar-refractivity contribution in [3.8, 4) is 11.5 Å². The molecule has 0 bridgehead atoms. The van der Waals surface area contributed by atoms with Crippen LogP contribution in [0.3, 0.4) is 0 Å². The van der Waals surface area contributed by atoms with Crippen molar-refractivity contribution in [2.75, 3.05) is 37.6 Å². The number of amides is 2. The third kappa shape index (κ3) is 5.71. The van der Waals surface area contributed by atoms with E-state index in [1.165, 1.54) is 19.1 Å². The fourth-order valence-corrected chi connectivity index (χ4v) is 3.51. The highest BCUT2D eigenvalue weighted by molar-refractivity contribution is 6.33. The first-order valence-corrected chi connectivity index (χ1v) is 10.3. The molecule has 1 saturated heterocycles. The number of hydrogen-bond donors (Lipinski definition) is 1. The van der Waals surface area contributed by atoms with Crippen LogP contribution in [0.2, 0.25) is 5.02 Å². The Hall–Kier alpha value is -3.47. The van der Waals surface area contributed by atoms with Gasteiger partial charge in [0.15, 0.2) is 6.61 Å². The predicted octanol–water partition coefficient (Wildman–Crippen LogP) is 3.91. The monoisotopic (exact) mass is 500 g/mol. The van der Waals surface area contributed by atoms with E-state index in [1.807, 2.05) is 0 Å². The van der Waals surface area contributed by atoms with E-state index in [4.69, 9.17) is 25.8 Å². The molecule has 0 spiro atoms. The van der Waals surface area contributed by atoms with Gasteiger partial charge in [-0.2, -0.15) is 13.2 Å². The van der Waals surface area contributed by atoms with E-state index in [2.05, 4.69) is 5.32 Å². The van der Waals surface area contributed by atoms with E-state index in [-0.39, 0.29) is 29.6 Å². The Morgan fingerprint density at radius 2 is 1.88 bits per heavy atom. The Kier molecular flexibility index (Phi) is 7.55. The number of anilines is 2. The molecule has 2 aromatic carbocycles. The molecule has 1 aliphatic heterocycles. The van der Waals surface area contributed by atoms with Crippen LogP contribution in [-0.4, -0.2) is 45.2 Å². The summed E-state index contributed by atoms with van der Waals surface area (Å²) in [6, 6.07) is 7.32. The second-order valence-corrected chi connectivity index (χ2v) is 7.70. The largest absolute Gasteiger partial charge is 0.497 e. The van der Waals surface area contributed by atoms with Crippen LogP contribution in [0.5, 0.6) is 11.5 Å². The molecular weight excluding hydrogens is 481 g/mol. The molecule has 2 amide bonds. The Balaban J connectivity index is 1.61. The number of alkyl halides is 3. The first-order chi connectivity index (χ1) is 16.0. The smallest absolute Gasteiger partial charge is 0.416 e. The summed E-state index contributed by atoms with van der Waals surface area (Å²) in [5.41, 5.74) is -0.856. The number of hydrogen-bond acceptors (Lipinski definition) is 6. The summed E-state index contributed by atoms with van der Waals surface area (Å²) in [6.45, 7) is -0.777. The molecule has 1 aliphatic rings. The van der Waals surface area contributed by atoms with Crippen molar-refractivity contribution >= 4 is 40.8 Å². The van der Waals surface area contributed by atoms with Crippen LogP contribution in [0.1, 0.15) is 12.0 Å². The van der Waals surface area contributed by atoms with Crippen LogP contribution >= 0.6 is 11.6 Å². The lowest BCUT2D eigenvalue weighted by Gasteiger charge is -2.20. The fraction of sp³-hybridized carbons (Fsp3) is 0.318. The van der Waals surface area contributed by atoms with Crippen LogP contribution < -0.4 is 19.7 Å². The molecule has 8 nitrogen and oxygen atoms in total. The summed E-state index contributed by atoms with van der Waals surface area (Å²) in [6.07, 6.45) is -4.77.